The van der Waals surface area contributed by atoms with E-state index >= 15 is 0 Å². The average Bonchev–Trinajstić information content (AvgIpc) is 2.29. The Morgan fingerprint density at radius 2 is 2.00 bits per heavy atom. The molecule has 3 N–H and O–H groups in total. The zero-order valence-corrected chi connectivity index (χ0v) is 10.8. The molecule has 0 radical (unpaired) electrons. The van der Waals surface area contributed by atoms with E-state index in [1.807, 2.05) is 13.8 Å². The first-order valence-electron chi connectivity index (χ1n) is 5.77. The molecular weight excluding hydrogens is 232 g/mol. The van der Waals surface area contributed by atoms with Crippen LogP contribution in [0.1, 0.15) is 29.8 Å². The number of carboxylic acids is 1. The molecule has 0 aromatic heterocycles. The number of carbonyl (C=O) groups excluding carboxylic acids is 1. The fourth-order valence-electron chi connectivity index (χ4n) is 1.43. The number of hydrogen-bond acceptors (Lipinski definition) is 3. The van der Waals surface area contributed by atoms with Crippen molar-refractivity contribution in [2.45, 2.75) is 26.8 Å². The minimum atomic E-state index is -0.975. The second kappa shape index (κ2) is 6.16. The maximum Gasteiger partial charge on any atom is 0.335 e. The van der Waals surface area contributed by atoms with Crippen LogP contribution in [0.15, 0.2) is 18.2 Å². The summed E-state index contributed by atoms with van der Waals surface area (Å²) in [5.74, 6) is -1.12. The van der Waals surface area contributed by atoms with Gasteiger partial charge in [-0.1, -0.05) is 13.8 Å². The number of carboxylic acid groups (broad SMARTS) is 1. The number of benzene rings is 1. The minimum Gasteiger partial charge on any atom is -0.478 e. The molecule has 0 saturated carbocycles. The van der Waals surface area contributed by atoms with Gasteiger partial charge in [-0.2, -0.15) is 0 Å². The van der Waals surface area contributed by atoms with Crippen LogP contribution in [-0.2, 0) is 4.79 Å². The Morgan fingerprint density at radius 1 is 1.33 bits per heavy atom. The first kappa shape index (κ1) is 14.2. The van der Waals surface area contributed by atoms with Gasteiger partial charge in [-0.05, 0) is 30.7 Å². The highest BCUT2D eigenvalue weighted by Gasteiger charge is 2.08. The first-order valence-corrected chi connectivity index (χ1v) is 5.77. The molecule has 0 saturated heterocycles. The van der Waals surface area contributed by atoms with E-state index in [1.165, 1.54) is 12.1 Å². The van der Waals surface area contributed by atoms with Gasteiger partial charge in [0.15, 0.2) is 0 Å². The van der Waals surface area contributed by atoms with Gasteiger partial charge in [0.05, 0.1) is 12.1 Å². The van der Waals surface area contributed by atoms with Gasteiger partial charge in [0, 0.05) is 11.7 Å². The van der Waals surface area contributed by atoms with E-state index in [0.29, 0.717) is 5.69 Å². The summed E-state index contributed by atoms with van der Waals surface area (Å²) in [6.07, 6.45) is 0. The van der Waals surface area contributed by atoms with Crippen LogP contribution >= 0.6 is 0 Å². The van der Waals surface area contributed by atoms with Crippen LogP contribution < -0.4 is 10.6 Å². The van der Waals surface area contributed by atoms with E-state index in [-0.39, 0.29) is 24.1 Å². The van der Waals surface area contributed by atoms with E-state index in [2.05, 4.69) is 10.6 Å². The number of carbonyl (C=O) groups is 2. The average molecular weight is 250 g/mol. The van der Waals surface area contributed by atoms with Crippen LogP contribution in [0.5, 0.6) is 0 Å². The molecule has 5 heteroatoms. The van der Waals surface area contributed by atoms with Crippen LogP contribution in [0.4, 0.5) is 5.69 Å². The topological polar surface area (TPSA) is 78.4 Å². The highest BCUT2D eigenvalue weighted by molar-refractivity contribution is 5.94. The molecule has 5 nitrogen and oxygen atoms in total. The standard InChI is InChI=1S/C13H18N2O3/c1-8(2)14-7-12(16)15-11-5-4-10(13(17)18)6-9(11)3/h4-6,8,14H,7H2,1-3H3,(H,15,16)(H,17,18). The molecule has 0 atom stereocenters. The number of anilines is 1. The molecule has 0 fully saturated rings. The number of aromatic carboxylic acids is 1. The third kappa shape index (κ3) is 4.18. The fraction of sp³-hybridized carbons (Fsp3) is 0.385. The second-order valence-electron chi connectivity index (χ2n) is 4.42. The lowest BCUT2D eigenvalue weighted by molar-refractivity contribution is -0.115. The molecular formula is C13H18N2O3. The smallest absolute Gasteiger partial charge is 0.335 e. The van der Waals surface area contributed by atoms with Crippen LogP contribution in [0.2, 0.25) is 0 Å². The van der Waals surface area contributed by atoms with Crippen molar-refractivity contribution in [2.24, 2.45) is 0 Å². The number of aryl methyl sites for hydroxylation is 1. The van der Waals surface area contributed by atoms with Crippen LogP contribution in [0.3, 0.4) is 0 Å². The van der Waals surface area contributed by atoms with Crippen LogP contribution in [-0.4, -0.2) is 29.6 Å². The number of nitrogens with one attached hydrogen (secondary N) is 2. The zero-order chi connectivity index (χ0) is 13.7. The lowest BCUT2D eigenvalue weighted by atomic mass is 10.1. The molecule has 0 aliphatic heterocycles. The van der Waals surface area contributed by atoms with E-state index in [1.54, 1.807) is 13.0 Å². The monoisotopic (exact) mass is 250 g/mol. The molecule has 0 aliphatic rings. The Hall–Kier alpha value is -1.88. The van der Waals surface area contributed by atoms with E-state index in [9.17, 15) is 9.59 Å². The number of amides is 1. The summed E-state index contributed by atoms with van der Waals surface area (Å²) in [5.41, 5.74) is 1.58. The lowest BCUT2D eigenvalue weighted by Gasteiger charge is -2.11. The molecule has 0 aliphatic carbocycles. The van der Waals surface area contributed by atoms with Crippen LogP contribution in [0.25, 0.3) is 0 Å². The largest absolute Gasteiger partial charge is 0.478 e. The van der Waals surface area contributed by atoms with Crippen molar-refractivity contribution < 1.29 is 14.7 Å². The summed E-state index contributed by atoms with van der Waals surface area (Å²) < 4.78 is 0. The molecule has 0 heterocycles. The summed E-state index contributed by atoms with van der Waals surface area (Å²) in [5, 5.41) is 14.6. The summed E-state index contributed by atoms with van der Waals surface area (Å²) in [7, 11) is 0. The molecule has 1 aromatic carbocycles. The van der Waals surface area contributed by atoms with Gasteiger partial charge in [0.1, 0.15) is 0 Å². The van der Waals surface area contributed by atoms with Crippen molar-refractivity contribution in [1.82, 2.24) is 5.32 Å². The van der Waals surface area contributed by atoms with Gasteiger partial charge in [-0.25, -0.2) is 4.79 Å². The van der Waals surface area contributed by atoms with Gasteiger partial charge >= 0.3 is 5.97 Å². The van der Waals surface area contributed by atoms with Gasteiger partial charge in [-0.15, -0.1) is 0 Å². The van der Waals surface area contributed by atoms with Crippen molar-refractivity contribution >= 4 is 17.6 Å². The van der Waals surface area contributed by atoms with Gasteiger partial charge in [-0.3, -0.25) is 4.79 Å². The Kier molecular flexibility index (Phi) is 4.85. The third-order valence-electron chi connectivity index (χ3n) is 2.42. The molecule has 0 spiro atoms. The summed E-state index contributed by atoms with van der Waals surface area (Å²) in [4.78, 5) is 22.4. The third-order valence-corrected chi connectivity index (χ3v) is 2.42. The normalized spacial score (nSPS) is 10.4. The lowest BCUT2D eigenvalue weighted by Crippen LogP contribution is -2.32. The summed E-state index contributed by atoms with van der Waals surface area (Å²) in [6, 6.07) is 4.85. The molecule has 0 unspecified atom stereocenters. The molecule has 1 amide bonds. The van der Waals surface area contributed by atoms with Crippen molar-refractivity contribution in [3.63, 3.8) is 0 Å². The SMILES string of the molecule is Cc1cc(C(=O)O)ccc1NC(=O)CNC(C)C. The Labute approximate surface area is 106 Å². The van der Waals surface area contributed by atoms with Crippen LogP contribution in [0, 0.1) is 6.92 Å². The Balaban J connectivity index is 2.68. The van der Waals surface area contributed by atoms with Crippen molar-refractivity contribution in [1.29, 1.82) is 0 Å². The number of hydrogen-bond donors (Lipinski definition) is 3. The van der Waals surface area contributed by atoms with E-state index in [0.717, 1.165) is 5.56 Å². The van der Waals surface area contributed by atoms with Gasteiger partial charge < -0.3 is 15.7 Å². The van der Waals surface area contributed by atoms with Crippen molar-refractivity contribution in [3.05, 3.63) is 29.3 Å². The summed E-state index contributed by atoms with van der Waals surface area (Å²) in [6.45, 7) is 5.91. The summed E-state index contributed by atoms with van der Waals surface area (Å²) >= 11 is 0. The minimum absolute atomic E-state index is 0.144. The maximum absolute atomic E-state index is 11.6. The number of rotatable bonds is 5. The predicted molar refractivity (Wildman–Crippen MR) is 69.9 cm³/mol. The fourth-order valence-corrected chi connectivity index (χ4v) is 1.43. The highest BCUT2D eigenvalue weighted by atomic mass is 16.4. The molecule has 18 heavy (non-hydrogen) atoms. The molecule has 1 aromatic rings. The van der Waals surface area contributed by atoms with E-state index in [4.69, 9.17) is 5.11 Å². The van der Waals surface area contributed by atoms with E-state index < -0.39 is 5.97 Å². The Morgan fingerprint density at radius 3 is 2.50 bits per heavy atom. The predicted octanol–water partition coefficient (Wildman–Crippen LogP) is 1.63. The second-order valence-corrected chi connectivity index (χ2v) is 4.42. The van der Waals surface area contributed by atoms with Crippen molar-refractivity contribution in [2.75, 3.05) is 11.9 Å². The zero-order valence-electron chi connectivity index (χ0n) is 10.8. The first-order chi connectivity index (χ1) is 8.40. The molecule has 0 bridgehead atoms. The van der Waals surface area contributed by atoms with Gasteiger partial charge in [0.2, 0.25) is 5.91 Å². The molecule has 98 valence electrons. The Bertz CT molecular complexity index is 456. The van der Waals surface area contributed by atoms with Crippen molar-refractivity contribution in [3.8, 4) is 0 Å². The quantitative estimate of drug-likeness (QED) is 0.742. The van der Waals surface area contributed by atoms with Gasteiger partial charge in [0.25, 0.3) is 0 Å². The molecule has 1 rings (SSSR count). The maximum atomic E-state index is 11.6. The highest BCUT2D eigenvalue weighted by Crippen LogP contribution is 2.16.